The van der Waals surface area contributed by atoms with Crippen LogP contribution in [0, 0.1) is 0 Å². The Morgan fingerprint density at radius 3 is 2.59 bits per heavy atom. The second-order valence-corrected chi connectivity index (χ2v) is 5.76. The number of aromatic hydroxyl groups is 1. The van der Waals surface area contributed by atoms with Crippen LogP contribution in [0.5, 0.6) is 5.06 Å². The number of benzene rings is 1. The zero-order valence-corrected chi connectivity index (χ0v) is 12.0. The number of aryl methyl sites for hydroxylation is 1. The lowest BCUT2D eigenvalue weighted by Crippen LogP contribution is -2.06. The second-order valence-electron chi connectivity index (χ2n) is 4.70. The lowest BCUT2D eigenvalue weighted by atomic mass is 10.1. The Labute approximate surface area is 126 Å². The van der Waals surface area contributed by atoms with Crippen LogP contribution in [-0.4, -0.2) is 14.9 Å². The van der Waals surface area contributed by atoms with Gasteiger partial charge in [0.15, 0.2) is 16.2 Å². The van der Waals surface area contributed by atoms with Crippen LogP contribution in [0.4, 0.5) is 13.2 Å². The van der Waals surface area contributed by atoms with Gasteiger partial charge in [0.1, 0.15) is 0 Å². The summed E-state index contributed by atoms with van der Waals surface area (Å²) in [6.07, 6.45) is -4.52. The van der Waals surface area contributed by atoms with E-state index >= 15 is 0 Å². The third-order valence-corrected chi connectivity index (χ3v) is 4.07. The van der Waals surface area contributed by atoms with E-state index in [-0.39, 0.29) is 16.2 Å². The molecule has 3 rings (SSSR count). The van der Waals surface area contributed by atoms with E-state index in [0.717, 1.165) is 28.2 Å². The first-order valence-corrected chi connectivity index (χ1v) is 6.96. The summed E-state index contributed by atoms with van der Waals surface area (Å²) in [5.41, 5.74) is -0.551. The van der Waals surface area contributed by atoms with Crippen LogP contribution >= 0.6 is 11.3 Å². The minimum Gasteiger partial charge on any atom is -0.499 e. The van der Waals surface area contributed by atoms with E-state index in [1.54, 1.807) is 12.1 Å². The van der Waals surface area contributed by atoms with Crippen molar-refractivity contribution in [3.63, 3.8) is 0 Å². The fraction of sp³-hybridized carbons (Fsp3) is 0.143. The first kappa shape index (κ1) is 14.6. The molecule has 22 heavy (non-hydrogen) atoms. The molecule has 1 N–H and O–H groups in total. The molecular weight excluding hydrogens is 317 g/mol. The number of aromatic nitrogens is 2. The molecule has 2 aromatic heterocycles. The van der Waals surface area contributed by atoms with E-state index in [1.165, 1.54) is 13.1 Å². The molecule has 0 radical (unpaired) electrons. The molecule has 0 aliphatic rings. The minimum atomic E-state index is -4.52. The van der Waals surface area contributed by atoms with Gasteiger partial charge in [0, 0.05) is 28.8 Å². The quantitative estimate of drug-likeness (QED) is 0.746. The van der Waals surface area contributed by atoms with Gasteiger partial charge in [-0.05, 0) is 18.2 Å². The van der Waals surface area contributed by atoms with Crippen LogP contribution in [0.1, 0.15) is 5.69 Å². The molecular formula is C14H9F3N2O2S. The van der Waals surface area contributed by atoms with Crippen molar-refractivity contribution in [3.05, 3.63) is 46.2 Å². The van der Waals surface area contributed by atoms with E-state index in [2.05, 4.69) is 5.10 Å². The second kappa shape index (κ2) is 4.84. The number of nitrogens with zero attached hydrogens (tertiary/aromatic N) is 2. The highest BCUT2D eigenvalue weighted by Crippen LogP contribution is 2.33. The monoisotopic (exact) mass is 326 g/mol. The highest BCUT2D eigenvalue weighted by molar-refractivity contribution is 7.20. The van der Waals surface area contributed by atoms with Gasteiger partial charge in [0.25, 0.3) is 0 Å². The van der Waals surface area contributed by atoms with Gasteiger partial charge in [0.05, 0.1) is 5.69 Å². The van der Waals surface area contributed by atoms with Gasteiger partial charge >= 0.3 is 6.18 Å². The smallest absolute Gasteiger partial charge is 0.435 e. The Kier molecular flexibility index (Phi) is 3.21. The molecule has 0 fully saturated rings. The molecule has 0 atom stereocenters. The summed E-state index contributed by atoms with van der Waals surface area (Å²) in [6, 6.07) is 6.72. The van der Waals surface area contributed by atoms with Crippen molar-refractivity contribution >= 4 is 21.4 Å². The van der Waals surface area contributed by atoms with Crippen molar-refractivity contribution < 1.29 is 18.3 Å². The third-order valence-electron chi connectivity index (χ3n) is 3.18. The van der Waals surface area contributed by atoms with Crippen molar-refractivity contribution in [2.45, 2.75) is 6.18 Å². The van der Waals surface area contributed by atoms with Gasteiger partial charge in [0.2, 0.25) is 0 Å². The largest absolute Gasteiger partial charge is 0.499 e. The maximum Gasteiger partial charge on any atom is 0.435 e. The summed E-state index contributed by atoms with van der Waals surface area (Å²) < 4.78 is 39.8. The Morgan fingerprint density at radius 2 is 1.95 bits per heavy atom. The van der Waals surface area contributed by atoms with Gasteiger partial charge < -0.3 is 5.11 Å². The standard InChI is InChI=1S/C14H9F3N2O2S/c1-19-9(5-12(18-19)14(15,16)17)7-2-3-8-10(20)6-13(21)22-11(8)4-7/h2-6,21H,1H3. The van der Waals surface area contributed by atoms with Crippen molar-refractivity contribution in [1.82, 2.24) is 9.78 Å². The Hall–Kier alpha value is -2.35. The van der Waals surface area contributed by atoms with Crippen molar-refractivity contribution in [2.24, 2.45) is 7.05 Å². The molecule has 0 spiro atoms. The Balaban J connectivity index is 2.19. The molecule has 4 nitrogen and oxygen atoms in total. The van der Waals surface area contributed by atoms with E-state index in [1.807, 2.05) is 0 Å². The predicted molar refractivity (Wildman–Crippen MR) is 77.0 cm³/mol. The van der Waals surface area contributed by atoms with E-state index in [9.17, 15) is 23.1 Å². The first-order valence-electron chi connectivity index (χ1n) is 6.14. The average molecular weight is 326 g/mol. The number of halogens is 3. The molecule has 8 heteroatoms. The SMILES string of the molecule is Cn1nc(C(F)(F)F)cc1-c1ccc2c(=O)cc(O)sc2c1. The topological polar surface area (TPSA) is 55.1 Å². The summed E-state index contributed by atoms with van der Waals surface area (Å²) in [5.74, 6) is 0. The van der Waals surface area contributed by atoms with E-state index < -0.39 is 11.9 Å². The number of alkyl halides is 3. The molecule has 0 bridgehead atoms. The predicted octanol–water partition coefficient (Wildman–Crippen LogP) is 3.39. The van der Waals surface area contributed by atoms with Crippen LogP contribution < -0.4 is 5.43 Å². The third kappa shape index (κ3) is 2.45. The molecule has 3 aromatic rings. The molecule has 0 aliphatic heterocycles. The van der Waals surface area contributed by atoms with Gasteiger partial charge in [-0.2, -0.15) is 18.3 Å². The molecule has 0 amide bonds. The molecule has 0 saturated carbocycles. The van der Waals surface area contributed by atoms with Gasteiger partial charge in [-0.3, -0.25) is 9.48 Å². The normalized spacial score (nSPS) is 12.0. The number of fused-ring (bicyclic) bond motifs is 1. The van der Waals surface area contributed by atoms with Crippen LogP contribution in [-0.2, 0) is 13.2 Å². The summed E-state index contributed by atoms with van der Waals surface area (Å²) in [6.45, 7) is 0. The number of rotatable bonds is 1. The number of hydrogen-bond donors (Lipinski definition) is 1. The fourth-order valence-corrected chi connectivity index (χ4v) is 3.03. The lowest BCUT2D eigenvalue weighted by Gasteiger charge is -2.03. The molecule has 0 aliphatic carbocycles. The first-order chi connectivity index (χ1) is 10.3. The van der Waals surface area contributed by atoms with Gasteiger partial charge in [-0.15, -0.1) is 0 Å². The van der Waals surface area contributed by atoms with Crippen molar-refractivity contribution in [3.8, 4) is 16.3 Å². The summed E-state index contributed by atoms with van der Waals surface area (Å²) in [4.78, 5) is 11.7. The Morgan fingerprint density at radius 1 is 1.23 bits per heavy atom. The van der Waals surface area contributed by atoms with Gasteiger partial charge in [-0.25, -0.2) is 0 Å². The maximum absolute atomic E-state index is 12.7. The highest BCUT2D eigenvalue weighted by atomic mass is 32.1. The van der Waals surface area contributed by atoms with Gasteiger partial charge in [-0.1, -0.05) is 17.4 Å². The van der Waals surface area contributed by atoms with Crippen LogP contribution in [0.3, 0.4) is 0 Å². The van der Waals surface area contributed by atoms with Crippen molar-refractivity contribution in [1.29, 1.82) is 0 Å². The highest BCUT2D eigenvalue weighted by Gasteiger charge is 2.34. The minimum absolute atomic E-state index is 0.143. The average Bonchev–Trinajstić information content (AvgIpc) is 2.80. The molecule has 1 aromatic carbocycles. The molecule has 2 heterocycles. The molecule has 0 unspecified atom stereocenters. The van der Waals surface area contributed by atoms with Crippen LogP contribution in [0.2, 0.25) is 0 Å². The number of hydrogen-bond acceptors (Lipinski definition) is 4. The lowest BCUT2D eigenvalue weighted by molar-refractivity contribution is -0.141. The summed E-state index contributed by atoms with van der Waals surface area (Å²) in [7, 11) is 1.42. The Bertz CT molecular complexity index is 928. The van der Waals surface area contributed by atoms with E-state index in [0.29, 0.717) is 15.6 Å². The van der Waals surface area contributed by atoms with Crippen LogP contribution in [0.15, 0.2) is 35.1 Å². The zero-order valence-electron chi connectivity index (χ0n) is 11.2. The summed E-state index contributed by atoms with van der Waals surface area (Å²) >= 11 is 0.987. The fourth-order valence-electron chi connectivity index (χ4n) is 2.18. The zero-order chi connectivity index (χ0) is 16.1. The van der Waals surface area contributed by atoms with Crippen LogP contribution in [0.25, 0.3) is 21.3 Å². The van der Waals surface area contributed by atoms with E-state index in [4.69, 9.17) is 0 Å². The molecule has 114 valence electrons. The maximum atomic E-state index is 12.7. The van der Waals surface area contributed by atoms with Crippen molar-refractivity contribution in [2.75, 3.05) is 0 Å². The summed E-state index contributed by atoms with van der Waals surface area (Å²) in [5, 5.41) is 13.2. The molecule has 0 saturated heterocycles.